The number of rotatable bonds is 5. The third kappa shape index (κ3) is 4.26. The predicted molar refractivity (Wildman–Crippen MR) is 123 cm³/mol. The van der Waals surface area contributed by atoms with E-state index in [4.69, 9.17) is 0 Å². The lowest BCUT2D eigenvalue weighted by molar-refractivity contribution is 0.102. The summed E-state index contributed by atoms with van der Waals surface area (Å²) >= 11 is 0.986. The van der Waals surface area contributed by atoms with Crippen molar-refractivity contribution >= 4 is 22.9 Å². The van der Waals surface area contributed by atoms with Gasteiger partial charge in [-0.25, -0.2) is 0 Å². The van der Waals surface area contributed by atoms with Crippen LogP contribution in [0.3, 0.4) is 0 Å². The van der Waals surface area contributed by atoms with Crippen LogP contribution in [-0.2, 0) is 6.54 Å². The van der Waals surface area contributed by atoms with E-state index >= 15 is 0 Å². The lowest BCUT2D eigenvalue weighted by Gasteiger charge is -2.08. The van der Waals surface area contributed by atoms with Crippen molar-refractivity contribution in [2.24, 2.45) is 0 Å². The lowest BCUT2D eigenvalue weighted by atomic mass is 10.0. The molecule has 0 fully saturated rings. The van der Waals surface area contributed by atoms with Crippen LogP contribution in [0, 0.1) is 13.8 Å². The number of amides is 1. The van der Waals surface area contributed by atoms with Crippen molar-refractivity contribution in [2.45, 2.75) is 20.4 Å². The maximum atomic E-state index is 12.7. The molecule has 0 saturated carbocycles. The van der Waals surface area contributed by atoms with Gasteiger partial charge in [-0.2, -0.15) is 0 Å². The van der Waals surface area contributed by atoms with Gasteiger partial charge in [-0.3, -0.25) is 14.2 Å². The topological polar surface area (TPSA) is 51.1 Å². The molecule has 1 aromatic heterocycles. The first-order chi connectivity index (χ1) is 14.5. The second-order valence-electron chi connectivity index (χ2n) is 7.25. The molecule has 0 atom stereocenters. The van der Waals surface area contributed by atoms with Crippen LogP contribution in [0.2, 0.25) is 0 Å². The standard InChI is InChI=1S/C25H22N2O2S/c1-17-8-14-22(15-9-17)26-24(28)23-18(2)27(25(29)30-23)16-19-10-12-21(13-11-19)20-6-4-3-5-7-20/h3-15H,16H2,1-2H3,(H,26,28). The molecule has 1 amide bonds. The fraction of sp³-hybridized carbons (Fsp3) is 0.120. The second-order valence-corrected chi connectivity index (χ2v) is 8.21. The smallest absolute Gasteiger partial charge is 0.308 e. The summed E-state index contributed by atoms with van der Waals surface area (Å²) in [5.74, 6) is -0.253. The highest BCUT2D eigenvalue weighted by Crippen LogP contribution is 2.21. The van der Waals surface area contributed by atoms with Gasteiger partial charge in [0.2, 0.25) is 0 Å². The van der Waals surface area contributed by atoms with Gasteiger partial charge in [0.1, 0.15) is 4.88 Å². The van der Waals surface area contributed by atoms with Gasteiger partial charge in [0.15, 0.2) is 0 Å². The Morgan fingerprint density at radius 1 is 0.867 bits per heavy atom. The van der Waals surface area contributed by atoms with Crippen LogP contribution < -0.4 is 10.2 Å². The number of nitrogens with one attached hydrogen (secondary N) is 1. The molecule has 4 nitrogen and oxygen atoms in total. The maximum absolute atomic E-state index is 12.7. The number of aromatic nitrogens is 1. The largest absolute Gasteiger partial charge is 0.321 e. The number of nitrogens with zero attached hydrogens (tertiary/aromatic N) is 1. The second kappa shape index (κ2) is 8.51. The van der Waals surface area contributed by atoms with Crippen LogP contribution in [0.25, 0.3) is 11.1 Å². The summed E-state index contributed by atoms with van der Waals surface area (Å²) in [5, 5.41) is 2.88. The van der Waals surface area contributed by atoms with Crippen LogP contribution in [0.5, 0.6) is 0 Å². The minimum Gasteiger partial charge on any atom is -0.321 e. The molecule has 0 radical (unpaired) electrons. The van der Waals surface area contributed by atoms with Crippen molar-refractivity contribution in [3.63, 3.8) is 0 Å². The fourth-order valence-electron chi connectivity index (χ4n) is 3.31. The summed E-state index contributed by atoms with van der Waals surface area (Å²) in [6.45, 7) is 4.25. The molecule has 0 aliphatic carbocycles. The van der Waals surface area contributed by atoms with Crippen molar-refractivity contribution < 1.29 is 4.79 Å². The summed E-state index contributed by atoms with van der Waals surface area (Å²) in [7, 11) is 0. The van der Waals surface area contributed by atoms with E-state index in [0.717, 1.165) is 33.6 Å². The van der Waals surface area contributed by atoms with Gasteiger partial charge in [0, 0.05) is 11.4 Å². The molecule has 0 unspecified atom stereocenters. The molecule has 4 aromatic rings. The molecule has 0 aliphatic rings. The van der Waals surface area contributed by atoms with E-state index in [2.05, 4.69) is 29.6 Å². The Labute approximate surface area is 179 Å². The van der Waals surface area contributed by atoms with Gasteiger partial charge in [-0.1, -0.05) is 83.6 Å². The average Bonchev–Trinajstić information content (AvgIpc) is 3.05. The number of thiazole rings is 1. The summed E-state index contributed by atoms with van der Waals surface area (Å²) < 4.78 is 1.66. The minimum atomic E-state index is -0.253. The van der Waals surface area contributed by atoms with Crippen molar-refractivity contribution in [3.05, 3.63) is 110 Å². The fourth-order valence-corrected chi connectivity index (χ4v) is 4.20. The number of benzene rings is 3. The normalized spacial score (nSPS) is 10.7. The average molecular weight is 415 g/mol. The van der Waals surface area contributed by atoms with Crippen LogP contribution in [0.15, 0.2) is 83.7 Å². The molecule has 4 rings (SSSR count). The summed E-state index contributed by atoms with van der Waals surface area (Å²) in [5.41, 5.74) is 5.83. The van der Waals surface area contributed by atoms with E-state index in [9.17, 15) is 9.59 Å². The van der Waals surface area contributed by atoms with Gasteiger partial charge < -0.3 is 5.32 Å². The van der Waals surface area contributed by atoms with Gasteiger partial charge in [-0.05, 0) is 42.7 Å². The lowest BCUT2D eigenvalue weighted by Crippen LogP contribution is -2.16. The number of carbonyl (C=O) groups excluding carboxylic acids is 1. The summed E-state index contributed by atoms with van der Waals surface area (Å²) in [6.07, 6.45) is 0. The molecule has 0 aliphatic heterocycles. The quantitative estimate of drug-likeness (QED) is 0.469. The molecule has 3 aromatic carbocycles. The molecule has 0 bridgehead atoms. The van der Waals surface area contributed by atoms with Gasteiger partial charge in [0.05, 0.1) is 6.54 Å². The van der Waals surface area contributed by atoms with Crippen molar-refractivity contribution in [2.75, 3.05) is 5.32 Å². The highest BCUT2D eigenvalue weighted by Gasteiger charge is 2.18. The zero-order valence-electron chi connectivity index (χ0n) is 16.9. The highest BCUT2D eigenvalue weighted by atomic mass is 32.1. The first-order valence-corrected chi connectivity index (χ1v) is 10.6. The Morgan fingerprint density at radius 2 is 1.50 bits per heavy atom. The first-order valence-electron chi connectivity index (χ1n) is 9.74. The molecular formula is C25H22N2O2S. The first kappa shape index (κ1) is 19.9. The van der Waals surface area contributed by atoms with Gasteiger partial charge in [-0.15, -0.1) is 0 Å². The van der Waals surface area contributed by atoms with Crippen molar-refractivity contribution in [1.82, 2.24) is 4.57 Å². The zero-order chi connectivity index (χ0) is 21.1. The number of anilines is 1. The number of aryl methyl sites for hydroxylation is 1. The number of hydrogen-bond donors (Lipinski definition) is 1. The van der Waals surface area contributed by atoms with E-state index < -0.39 is 0 Å². The number of carbonyl (C=O) groups is 1. The third-order valence-electron chi connectivity index (χ3n) is 5.06. The molecular weight excluding hydrogens is 392 g/mol. The van der Waals surface area contributed by atoms with Crippen LogP contribution in [0.1, 0.15) is 26.5 Å². The molecule has 150 valence electrons. The Hall–Kier alpha value is -3.44. The molecule has 1 heterocycles. The highest BCUT2D eigenvalue weighted by molar-refractivity contribution is 7.11. The number of hydrogen-bond acceptors (Lipinski definition) is 3. The van der Waals surface area contributed by atoms with Crippen LogP contribution in [-0.4, -0.2) is 10.5 Å². The molecule has 0 saturated heterocycles. The Morgan fingerprint density at radius 3 is 2.17 bits per heavy atom. The Bertz CT molecular complexity index is 1220. The van der Waals surface area contributed by atoms with E-state index in [0.29, 0.717) is 22.8 Å². The van der Waals surface area contributed by atoms with Gasteiger partial charge in [0.25, 0.3) is 5.91 Å². The summed E-state index contributed by atoms with van der Waals surface area (Å²) in [6, 6.07) is 25.9. The van der Waals surface area contributed by atoms with E-state index in [-0.39, 0.29) is 10.8 Å². The van der Waals surface area contributed by atoms with E-state index in [1.54, 1.807) is 4.57 Å². The predicted octanol–water partition coefficient (Wildman–Crippen LogP) is 5.49. The third-order valence-corrected chi connectivity index (χ3v) is 6.14. The monoisotopic (exact) mass is 414 g/mol. The Balaban J connectivity index is 1.53. The minimum absolute atomic E-state index is 0.131. The van der Waals surface area contributed by atoms with Crippen LogP contribution >= 0.6 is 11.3 Å². The van der Waals surface area contributed by atoms with Crippen molar-refractivity contribution in [3.8, 4) is 11.1 Å². The molecule has 1 N–H and O–H groups in total. The van der Waals surface area contributed by atoms with Crippen molar-refractivity contribution in [1.29, 1.82) is 0 Å². The molecule has 30 heavy (non-hydrogen) atoms. The summed E-state index contributed by atoms with van der Waals surface area (Å²) in [4.78, 5) is 25.6. The van der Waals surface area contributed by atoms with Gasteiger partial charge >= 0.3 is 4.87 Å². The molecule has 5 heteroatoms. The van der Waals surface area contributed by atoms with E-state index in [1.165, 1.54) is 0 Å². The zero-order valence-corrected chi connectivity index (χ0v) is 17.7. The SMILES string of the molecule is Cc1ccc(NC(=O)c2sc(=O)n(Cc3ccc(-c4ccccc4)cc3)c2C)cc1. The Kier molecular flexibility index (Phi) is 5.63. The van der Waals surface area contributed by atoms with Crippen LogP contribution in [0.4, 0.5) is 5.69 Å². The van der Waals surface area contributed by atoms with E-state index in [1.807, 2.05) is 68.4 Å². The molecule has 0 spiro atoms. The maximum Gasteiger partial charge on any atom is 0.308 e.